The Morgan fingerprint density at radius 1 is 1.00 bits per heavy atom. The number of carbonyl (C=O) groups excluding carboxylic acids is 2. The minimum Gasteiger partial charge on any atom is -0.449 e. The lowest BCUT2D eigenvalue weighted by atomic mass is 10.2. The molecule has 0 aliphatic rings. The maximum absolute atomic E-state index is 13.1. The molecule has 2 aromatic carbocycles. The van der Waals surface area contributed by atoms with Crippen LogP contribution < -0.4 is 5.32 Å². The molecule has 0 saturated heterocycles. The van der Waals surface area contributed by atoms with Gasteiger partial charge in [-0.05, 0) is 36.8 Å². The van der Waals surface area contributed by atoms with Gasteiger partial charge >= 0.3 is 5.97 Å². The van der Waals surface area contributed by atoms with E-state index in [0.717, 1.165) is 12.1 Å². The first-order valence-electron chi connectivity index (χ1n) is 7.04. The Morgan fingerprint density at radius 3 is 2.17 bits per heavy atom. The number of ether oxygens (including phenoxy) is 1. The molecule has 4 nitrogen and oxygen atoms in total. The smallest absolute Gasteiger partial charge is 0.339 e. The van der Waals surface area contributed by atoms with Gasteiger partial charge in [0.2, 0.25) is 0 Å². The number of esters is 1. The third-order valence-corrected chi connectivity index (χ3v) is 3.13. The zero-order valence-electron chi connectivity index (χ0n) is 12.7. The van der Waals surface area contributed by atoms with Gasteiger partial charge in [-0.3, -0.25) is 4.79 Å². The summed E-state index contributed by atoms with van der Waals surface area (Å²) >= 11 is 0. The Morgan fingerprint density at radius 2 is 1.58 bits per heavy atom. The van der Waals surface area contributed by atoms with Crippen LogP contribution >= 0.6 is 0 Å². The molecule has 126 valence electrons. The second-order valence-electron chi connectivity index (χ2n) is 5.05. The normalized spacial score (nSPS) is 11.7. The molecular formula is C17H14F3NO3. The Hall–Kier alpha value is -2.83. The Kier molecular flexibility index (Phi) is 5.57. The Balaban J connectivity index is 1.90. The number of nitrogens with one attached hydrogen (secondary N) is 1. The van der Waals surface area contributed by atoms with Gasteiger partial charge in [-0.25, -0.2) is 18.0 Å². The summed E-state index contributed by atoms with van der Waals surface area (Å²) in [6.07, 6.45) is -1.16. The summed E-state index contributed by atoms with van der Waals surface area (Å²) in [4.78, 5) is 23.7. The van der Waals surface area contributed by atoms with Gasteiger partial charge in [-0.1, -0.05) is 12.1 Å². The molecule has 0 aromatic heterocycles. The zero-order valence-corrected chi connectivity index (χ0v) is 12.7. The minimum atomic E-state index is -1.16. The molecule has 0 unspecified atom stereocenters. The number of carbonyl (C=O) groups is 2. The molecule has 0 aliphatic heterocycles. The summed E-state index contributed by atoms with van der Waals surface area (Å²) in [5.41, 5.74) is 0.334. The largest absolute Gasteiger partial charge is 0.449 e. The fourth-order valence-corrected chi connectivity index (χ4v) is 1.89. The van der Waals surface area contributed by atoms with Crippen LogP contribution in [0.15, 0.2) is 42.5 Å². The molecule has 1 atom stereocenters. The van der Waals surface area contributed by atoms with E-state index < -0.39 is 35.4 Å². The van der Waals surface area contributed by atoms with Gasteiger partial charge in [0.05, 0.1) is 5.56 Å². The molecule has 24 heavy (non-hydrogen) atoms. The maximum Gasteiger partial charge on any atom is 0.339 e. The molecule has 1 amide bonds. The van der Waals surface area contributed by atoms with Crippen molar-refractivity contribution < 1.29 is 27.5 Å². The molecule has 0 fully saturated rings. The molecule has 0 bridgehead atoms. The van der Waals surface area contributed by atoms with Crippen molar-refractivity contribution in [1.82, 2.24) is 5.32 Å². The maximum atomic E-state index is 13.1. The average Bonchev–Trinajstić information content (AvgIpc) is 2.53. The number of amides is 1. The number of benzene rings is 2. The molecule has 2 aromatic rings. The van der Waals surface area contributed by atoms with Crippen molar-refractivity contribution in [2.24, 2.45) is 0 Å². The second kappa shape index (κ2) is 7.63. The summed E-state index contributed by atoms with van der Waals surface area (Å²) in [6, 6.07) is 7.76. The van der Waals surface area contributed by atoms with Crippen molar-refractivity contribution in [1.29, 1.82) is 0 Å². The first kappa shape index (κ1) is 17.5. The van der Waals surface area contributed by atoms with Crippen LogP contribution in [0.1, 0.15) is 22.8 Å². The van der Waals surface area contributed by atoms with Gasteiger partial charge in [0.25, 0.3) is 5.91 Å². The highest BCUT2D eigenvalue weighted by Crippen LogP contribution is 2.10. The second-order valence-corrected chi connectivity index (χ2v) is 5.05. The number of hydrogen-bond acceptors (Lipinski definition) is 3. The standard InChI is InChI=1S/C17H14F3NO3/c1-10(16(22)21-9-11-2-4-13(18)5-3-11)24-17(23)12-6-14(19)8-15(20)7-12/h2-8,10H,9H2,1H3,(H,21,22)/t10-/m1/s1. The molecule has 2 rings (SSSR count). The molecule has 7 heteroatoms. The molecule has 1 N–H and O–H groups in total. The zero-order chi connectivity index (χ0) is 17.7. The van der Waals surface area contributed by atoms with E-state index >= 15 is 0 Å². The van der Waals surface area contributed by atoms with Crippen LogP contribution in [0.25, 0.3) is 0 Å². The predicted octanol–water partition coefficient (Wildman–Crippen LogP) is 2.97. The van der Waals surface area contributed by atoms with E-state index in [1.807, 2.05) is 0 Å². The highest BCUT2D eigenvalue weighted by molar-refractivity contribution is 5.92. The van der Waals surface area contributed by atoms with E-state index in [1.165, 1.54) is 31.2 Å². The molecule has 0 aliphatic carbocycles. The Bertz CT molecular complexity index is 727. The monoisotopic (exact) mass is 337 g/mol. The fraction of sp³-hybridized carbons (Fsp3) is 0.176. The lowest BCUT2D eigenvalue weighted by molar-refractivity contribution is -0.129. The third kappa shape index (κ3) is 4.84. The van der Waals surface area contributed by atoms with Gasteiger partial charge in [-0.2, -0.15) is 0 Å². The van der Waals surface area contributed by atoms with E-state index in [0.29, 0.717) is 11.6 Å². The van der Waals surface area contributed by atoms with Crippen molar-refractivity contribution in [2.45, 2.75) is 19.6 Å². The first-order valence-corrected chi connectivity index (χ1v) is 7.04. The van der Waals surface area contributed by atoms with Crippen molar-refractivity contribution in [3.63, 3.8) is 0 Å². The van der Waals surface area contributed by atoms with Crippen LogP contribution in [0.3, 0.4) is 0 Å². The molecular weight excluding hydrogens is 323 g/mol. The highest BCUT2D eigenvalue weighted by Gasteiger charge is 2.19. The molecule has 0 saturated carbocycles. The quantitative estimate of drug-likeness (QED) is 0.854. The van der Waals surface area contributed by atoms with Crippen LogP contribution in [0.2, 0.25) is 0 Å². The summed E-state index contributed by atoms with van der Waals surface area (Å²) in [5.74, 6) is -3.84. The van der Waals surface area contributed by atoms with Gasteiger partial charge in [-0.15, -0.1) is 0 Å². The summed E-state index contributed by atoms with van der Waals surface area (Å²) in [5, 5.41) is 2.51. The summed E-state index contributed by atoms with van der Waals surface area (Å²) in [6.45, 7) is 1.45. The number of halogens is 3. The summed E-state index contributed by atoms with van der Waals surface area (Å²) in [7, 11) is 0. The minimum absolute atomic E-state index is 0.121. The summed E-state index contributed by atoms with van der Waals surface area (Å²) < 4.78 is 43.8. The van der Waals surface area contributed by atoms with Crippen molar-refractivity contribution >= 4 is 11.9 Å². The van der Waals surface area contributed by atoms with E-state index in [4.69, 9.17) is 4.74 Å². The van der Waals surface area contributed by atoms with Crippen LogP contribution in [0, 0.1) is 17.5 Å². The Labute approximate surface area is 136 Å². The first-order chi connectivity index (χ1) is 11.3. The molecule has 0 radical (unpaired) electrons. The van der Waals surface area contributed by atoms with E-state index in [1.54, 1.807) is 0 Å². The fourth-order valence-electron chi connectivity index (χ4n) is 1.89. The average molecular weight is 337 g/mol. The third-order valence-electron chi connectivity index (χ3n) is 3.13. The van der Waals surface area contributed by atoms with Crippen molar-refractivity contribution in [3.05, 3.63) is 71.0 Å². The molecule has 0 heterocycles. The van der Waals surface area contributed by atoms with E-state index in [9.17, 15) is 22.8 Å². The van der Waals surface area contributed by atoms with Crippen LogP contribution in [-0.2, 0) is 16.1 Å². The predicted molar refractivity (Wildman–Crippen MR) is 79.5 cm³/mol. The van der Waals surface area contributed by atoms with Gasteiger partial charge in [0, 0.05) is 12.6 Å². The van der Waals surface area contributed by atoms with Gasteiger partial charge < -0.3 is 10.1 Å². The topological polar surface area (TPSA) is 55.4 Å². The number of rotatable bonds is 5. The van der Waals surface area contributed by atoms with Crippen molar-refractivity contribution in [2.75, 3.05) is 0 Å². The van der Waals surface area contributed by atoms with Gasteiger partial charge in [0.15, 0.2) is 6.10 Å². The van der Waals surface area contributed by atoms with Crippen LogP contribution in [0.4, 0.5) is 13.2 Å². The van der Waals surface area contributed by atoms with Gasteiger partial charge in [0.1, 0.15) is 17.5 Å². The lowest BCUT2D eigenvalue weighted by Gasteiger charge is -2.13. The van der Waals surface area contributed by atoms with Crippen LogP contribution in [0.5, 0.6) is 0 Å². The molecule has 0 spiro atoms. The lowest BCUT2D eigenvalue weighted by Crippen LogP contribution is -2.35. The SMILES string of the molecule is C[C@@H](OC(=O)c1cc(F)cc(F)c1)C(=O)NCc1ccc(F)cc1. The van der Waals surface area contributed by atoms with Crippen molar-refractivity contribution in [3.8, 4) is 0 Å². The van der Waals surface area contributed by atoms with E-state index in [-0.39, 0.29) is 12.1 Å². The van der Waals surface area contributed by atoms with Crippen LogP contribution in [-0.4, -0.2) is 18.0 Å². The number of hydrogen-bond donors (Lipinski definition) is 1. The highest BCUT2D eigenvalue weighted by atomic mass is 19.1. The van der Waals surface area contributed by atoms with E-state index in [2.05, 4.69) is 5.32 Å².